The van der Waals surface area contributed by atoms with Crippen LogP contribution >= 0.6 is 11.8 Å². The van der Waals surface area contributed by atoms with E-state index in [1.165, 1.54) is 6.33 Å². The zero-order valence-electron chi connectivity index (χ0n) is 19.2. The summed E-state index contributed by atoms with van der Waals surface area (Å²) < 4.78 is 0. The summed E-state index contributed by atoms with van der Waals surface area (Å²) in [5.41, 5.74) is 2.73. The molecule has 0 radical (unpaired) electrons. The van der Waals surface area contributed by atoms with E-state index in [1.54, 1.807) is 6.08 Å². The van der Waals surface area contributed by atoms with Crippen molar-refractivity contribution in [1.82, 2.24) is 25.3 Å². The van der Waals surface area contributed by atoms with E-state index in [4.69, 9.17) is 9.97 Å². The average molecular weight is 489 g/mol. The fourth-order valence-corrected chi connectivity index (χ4v) is 4.63. The smallest absolute Gasteiger partial charge is 0.290 e. The molecule has 0 spiro atoms. The van der Waals surface area contributed by atoms with Crippen molar-refractivity contribution in [3.05, 3.63) is 71.3 Å². The van der Waals surface area contributed by atoms with Gasteiger partial charge < -0.3 is 14.7 Å². The van der Waals surface area contributed by atoms with E-state index in [1.807, 2.05) is 48.6 Å². The van der Waals surface area contributed by atoms with Crippen LogP contribution in [0.3, 0.4) is 0 Å². The molecule has 1 aromatic carbocycles. The number of carbonyl (C=O) groups is 2. The fraction of sp³-hybridized carbons (Fsp3) is 0.250. The number of piperazine rings is 1. The zero-order chi connectivity index (χ0) is 24.2. The van der Waals surface area contributed by atoms with Crippen molar-refractivity contribution in [2.75, 3.05) is 47.9 Å². The van der Waals surface area contributed by atoms with Gasteiger partial charge >= 0.3 is 0 Å². The van der Waals surface area contributed by atoms with Crippen LogP contribution in [0.15, 0.2) is 60.0 Å². The molecule has 0 bridgehead atoms. The Labute approximate surface area is 207 Å². The Morgan fingerprint density at radius 1 is 1.03 bits per heavy atom. The molecular formula is C24H24N8O2S. The number of thioether (sulfide) groups is 1. The van der Waals surface area contributed by atoms with Gasteiger partial charge in [0.25, 0.3) is 11.1 Å². The van der Waals surface area contributed by atoms with Crippen molar-refractivity contribution in [3.63, 3.8) is 0 Å². The highest BCUT2D eigenvalue weighted by Crippen LogP contribution is 2.27. The van der Waals surface area contributed by atoms with Gasteiger partial charge in [0.15, 0.2) is 0 Å². The average Bonchev–Trinajstić information content (AvgIpc) is 3.21. The molecule has 2 fully saturated rings. The summed E-state index contributed by atoms with van der Waals surface area (Å²) in [6.45, 7) is 3.69. The molecule has 2 amide bonds. The Bertz CT molecular complexity index is 1250. The lowest BCUT2D eigenvalue weighted by Gasteiger charge is -2.36. The van der Waals surface area contributed by atoms with Crippen molar-refractivity contribution in [2.24, 2.45) is 0 Å². The highest BCUT2D eigenvalue weighted by molar-refractivity contribution is 8.18. The SMILES string of the molecule is CN(Cc1ccccc1)c1cc(C=C2SC(=O)NC2=O)nc(N2CCN(c3cncnc3)CC2)n1. The fourth-order valence-electron chi connectivity index (χ4n) is 3.96. The molecule has 2 saturated heterocycles. The van der Waals surface area contributed by atoms with E-state index >= 15 is 0 Å². The maximum absolute atomic E-state index is 12.1. The minimum absolute atomic E-state index is 0.324. The van der Waals surface area contributed by atoms with Gasteiger partial charge in [0, 0.05) is 45.8 Å². The molecule has 178 valence electrons. The number of nitrogens with one attached hydrogen (secondary N) is 1. The predicted octanol–water partition coefficient (Wildman–Crippen LogP) is 2.55. The van der Waals surface area contributed by atoms with Gasteiger partial charge in [-0.3, -0.25) is 14.9 Å². The van der Waals surface area contributed by atoms with E-state index in [9.17, 15) is 9.59 Å². The van der Waals surface area contributed by atoms with Crippen LogP contribution in [0.25, 0.3) is 6.08 Å². The van der Waals surface area contributed by atoms with Crippen molar-refractivity contribution >= 4 is 46.4 Å². The number of carbonyl (C=O) groups excluding carboxylic acids is 2. The minimum atomic E-state index is -0.405. The maximum atomic E-state index is 12.1. The van der Waals surface area contributed by atoms with Gasteiger partial charge in [-0.2, -0.15) is 4.98 Å². The minimum Gasteiger partial charge on any atom is -0.365 e. The molecule has 1 N–H and O–H groups in total. The van der Waals surface area contributed by atoms with Gasteiger partial charge in [-0.15, -0.1) is 0 Å². The third kappa shape index (κ3) is 5.40. The lowest BCUT2D eigenvalue weighted by molar-refractivity contribution is -0.115. The van der Waals surface area contributed by atoms with Crippen LogP contribution in [-0.2, 0) is 11.3 Å². The number of anilines is 3. The molecule has 0 saturated carbocycles. The van der Waals surface area contributed by atoms with E-state index in [0.717, 1.165) is 55.0 Å². The molecule has 0 unspecified atom stereocenters. The van der Waals surface area contributed by atoms with Gasteiger partial charge in [-0.05, 0) is 23.4 Å². The lowest BCUT2D eigenvalue weighted by atomic mass is 10.2. The van der Waals surface area contributed by atoms with E-state index < -0.39 is 5.91 Å². The number of aromatic nitrogens is 4. The summed E-state index contributed by atoms with van der Waals surface area (Å²) >= 11 is 0.880. The Kier molecular flexibility index (Phi) is 6.57. The lowest BCUT2D eigenvalue weighted by Crippen LogP contribution is -2.47. The van der Waals surface area contributed by atoms with Crippen LogP contribution in [0, 0.1) is 0 Å². The van der Waals surface area contributed by atoms with Crippen LogP contribution in [0.5, 0.6) is 0 Å². The Morgan fingerprint density at radius 2 is 1.74 bits per heavy atom. The van der Waals surface area contributed by atoms with Crippen molar-refractivity contribution in [2.45, 2.75) is 6.54 Å². The third-order valence-corrected chi connectivity index (χ3v) is 6.58. The number of imide groups is 1. The third-order valence-electron chi connectivity index (χ3n) is 5.77. The largest absolute Gasteiger partial charge is 0.365 e. The molecule has 3 aromatic rings. The molecule has 11 heteroatoms. The first-order chi connectivity index (χ1) is 17.0. The Morgan fingerprint density at radius 3 is 2.43 bits per heavy atom. The summed E-state index contributed by atoms with van der Waals surface area (Å²) in [6.07, 6.45) is 6.80. The molecule has 2 aliphatic heterocycles. The highest BCUT2D eigenvalue weighted by Gasteiger charge is 2.26. The second-order valence-corrected chi connectivity index (χ2v) is 9.23. The number of amides is 2. The first kappa shape index (κ1) is 22.8. The topological polar surface area (TPSA) is 107 Å². The number of benzene rings is 1. The summed E-state index contributed by atoms with van der Waals surface area (Å²) in [6, 6.07) is 12.0. The number of rotatable bonds is 6. The summed E-state index contributed by atoms with van der Waals surface area (Å²) in [5.74, 6) is 0.922. The van der Waals surface area contributed by atoms with Gasteiger partial charge in [-0.25, -0.2) is 15.0 Å². The first-order valence-electron chi connectivity index (χ1n) is 11.2. The Balaban J connectivity index is 1.41. The highest BCUT2D eigenvalue weighted by atomic mass is 32.2. The van der Waals surface area contributed by atoms with Gasteiger partial charge in [-0.1, -0.05) is 30.3 Å². The number of nitrogens with zero attached hydrogens (tertiary/aromatic N) is 7. The van der Waals surface area contributed by atoms with Crippen molar-refractivity contribution < 1.29 is 9.59 Å². The quantitative estimate of drug-likeness (QED) is 0.520. The van der Waals surface area contributed by atoms with Gasteiger partial charge in [0.2, 0.25) is 5.95 Å². The molecule has 35 heavy (non-hydrogen) atoms. The van der Waals surface area contributed by atoms with Crippen molar-refractivity contribution in [1.29, 1.82) is 0 Å². The van der Waals surface area contributed by atoms with Gasteiger partial charge in [0.1, 0.15) is 12.1 Å². The standard InChI is InChI=1S/C24H24N8O2S/c1-30(15-17-5-3-2-4-6-17)21-12-18(11-20-22(33)29-24(34)35-20)27-23(28-21)32-9-7-31(8-10-32)19-13-25-16-26-14-19/h2-6,11-14,16H,7-10,15H2,1H3,(H,29,33,34). The molecule has 10 nitrogen and oxygen atoms in total. The number of hydrogen-bond acceptors (Lipinski definition) is 10. The van der Waals surface area contributed by atoms with Crippen LogP contribution < -0.4 is 20.0 Å². The Hall–Kier alpha value is -3.99. The molecule has 4 heterocycles. The maximum Gasteiger partial charge on any atom is 0.290 e. The van der Waals surface area contributed by atoms with E-state index in [2.05, 4.69) is 37.2 Å². The molecule has 0 aliphatic carbocycles. The van der Waals surface area contributed by atoms with Gasteiger partial charge in [0.05, 0.1) is 28.7 Å². The molecular weight excluding hydrogens is 464 g/mol. The van der Waals surface area contributed by atoms with Crippen LogP contribution in [-0.4, -0.2) is 64.3 Å². The summed E-state index contributed by atoms with van der Waals surface area (Å²) in [4.78, 5) is 48.3. The monoisotopic (exact) mass is 488 g/mol. The van der Waals surface area contributed by atoms with Crippen LogP contribution in [0.4, 0.5) is 22.2 Å². The first-order valence-corrected chi connectivity index (χ1v) is 12.0. The normalized spacial score (nSPS) is 17.1. The summed E-state index contributed by atoms with van der Waals surface area (Å²) in [7, 11) is 1.98. The molecule has 0 atom stereocenters. The van der Waals surface area contributed by atoms with Crippen molar-refractivity contribution in [3.8, 4) is 0 Å². The molecule has 5 rings (SSSR count). The predicted molar refractivity (Wildman–Crippen MR) is 136 cm³/mol. The van der Waals surface area contributed by atoms with E-state index in [0.29, 0.717) is 23.1 Å². The number of hydrogen-bond donors (Lipinski definition) is 1. The second kappa shape index (κ2) is 10.1. The zero-order valence-corrected chi connectivity index (χ0v) is 20.0. The van der Waals surface area contributed by atoms with Crippen LogP contribution in [0.1, 0.15) is 11.3 Å². The second-order valence-electron chi connectivity index (χ2n) is 8.22. The summed E-state index contributed by atoms with van der Waals surface area (Å²) in [5, 5.41) is 1.92. The molecule has 2 aromatic heterocycles. The van der Waals surface area contributed by atoms with E-state index in [-0.39, 0.29) is 5.24 Å². The molecule has 2 aliphatic rings. The van der Waals surface area contributed by atoms with Crippen LogP contribution in [0.2, 0.25) is 0 Å².